The van der Waals surface area contributed by atoms with Crippen molar-refractivity contribution in [3.63, 3.8) is 0 Å². The van der Waals surface area contributed by atoms with Crippen molar-refractivity contribution in [2.75, 3.05) is 11.9 Å². The number of rotatable bonds is 5. The van der Waals surface area contributed by atoms with E-state index >= 15 is 0 Å². The SMILES string of the molecule is CCc1cc2c(cc1N(C)C(=O)Cn1nc(-c3cccc(C#N)c3)c3occc3c1=O)OC(F)(F)O2. The predicted octanol–water partition coefficient (Wildman–Crippen LogP) is 4.08. The zero-order valence-corrected chi connectivity index (χ0v) is 19.1. The van der Waals surface area contributed by atoms with E-state index in [-0.39, 0.29) is 22.5 Å². The minimum Gasteiger partial charge on any atom is -0.462 e. The lowest BCUT2D eigenvalue weighted by Gasteiger charge is -2.21. The molecule has 2 aromatic carbocycles. The summed E-state index contributed by atoms with van der Waals surface area (Å²) in [6.07, 6.45) is -2.02. The number of aryl methyl sites for hydroxylation is 1. The number of halogens is 2. The second-order valence-electron chi connectivity index (χ2n) is 8.07. The zero-order chi connectivity index (χ0) is 25.6. The molecule has 5 rings (SSSR count). The lowest BCUT2D eigenvalue weighted by Crippen LogP contribution is -2.35. The van der Waals surface area contributed by atoms with Crippen molar-refractivity contribution in [2.45, 2.75) is 26.2 Å². The number of hydrogen-bond acceptors (Lipinski definition) is 7. The Hall–Kier alpha value is -4.72. The highest BCUT2D eigenvalue weighted by molar-refractivity contribution is 5.94. The Balaban J connectivity index is 1.52. The number of nitriles is 1. The number of carbonyl (C=O) groups excluding carboxylic acids is 1. The smallest absolute Gasteiger partial charge is 0.462 e. The Bertz CT molecular complexity index is 1620. The van der Waals surface area contributed by atoms with E-state index in [0.29, 0.717) is 34.5 Å². The second kappa shape index (κ2) is 8.49. The van der Waals surface area contributed by atoms with Crippen molar-refractivity contribution < 1.29 is 27.5 Å². The Labute approximate surface area is 202 Å². The van der Waals surface area contributed by atoms with Gasteiger partial charge in [-0.05, 0) is 36.2 Å². The fourth-order valence-electron chi connectivity index (χ4n) is 4.04. The van der Waals surface area contributed by atoms with Gasteiger partial charge < -0.3 is 18.8 Å². The van der Waals surface area contributed by atoms with Gasteiger partial charge in [0, 0.05) is 18.7 Å². The molecule has 0 saturated carbocycles. The van der Waals surface area contributed by atoms with Crippen molar-refractivity contribution in [3.8, 4) is 28.8 Å². The molecule has 0 atom stereocenters. The molecule has 36 heavy (non-hydrogen) atoms. The van der Waals surface area contributed by atoms with E-state index in [1.165, 1.54) is 36.4 Å². The maximum atomic E-state index is 13.5. The minimum atomic E-state index is -3.79. The Morgan fingerprint density at radius 1 is 1.19 bits per heavy atom. The van der Waals surface area contributed by atoms with Gasteiger partial charge in [0.05, 0.1) is 29.0 Å². The summed E-state index contributed by atoms with van der Waals surface area (Å²) >= 11 is 0. The van der Waals surface area contributed by atoms with Gasteiger partial charge in [0.15, 0.2) is 17.1 Å². The van der Waals surface area contributed by atoms with Crippen LogP contribution < -0.4 is 19.9 Å². The van der Waals surface area contributed by atoms with Gasteiger partial charge in [-0.2, -0.15) is 10.4 Å². The summed E-state index contributed by atoms with van der Waals surface area (Å²) in [5, 5.41) is 13.8. The third kappa shape index (κ3) is 3.92. The average Bonchev–Trinajstić information content (AvgIpc) is 3.47. The van der Waals surface area contributed by atoms with Crippen LogP contribution in [0.1, 0.15) is 18.1 Å². The Kier molecular flexibility index (Phi) is 5.44. The summed E-state index contributed by atoms with van der Waals surface area (Å²) in [5.41, 5.74) is 1.82. The number of anilines is 1. The molecule has 9 nitrogen and oxygen atoms in total. The molecule has 0 fully saturated rings. The second-order valence-corrected chi connectivity index (χ2v) is 8.07. The highest BCUT2D eigenvalue weighted by atomic mass is 19.3. The van der Waals surface area contributed by atoms with E-state index in [1.807, 2.05) is 0 Å². The third-order valence-corrected chi connectivity index (χ3v) is 5.83. The number of amides is 1. The van der Waals surface area contributed by atoms with Gasteiger partial charge in [0.25, 0.3) is 5.56 Å². The number of hydrogen-bond donors (Lipinski definition) is 0. The minimum absolute atomic E-state index is 0.117. The number of aromatic nitrogens is 2. The van der Waals surface area contributed by atoms with Gasteiger partial charge in [-0.1, -0.05) is 19.1 Å². The quantitative estimate of drug-likeness (QED) is 0.413. The number of alkyl halides is 2. The van der Waals surface area contributed by atoms with Gasteiger partial charge in [-0.3, -0.25) is 9.59 Å². The molecule has 1 aliphatic heterocycles. The lowest BCUT2D eigenvalue weighted by molar-refractivity contribution is -0.286. The summed E-state index contributed by atoms with van der Waals surface area (Å²) in [7, 11) is 1.47. The van der Waals surface area contributed by atoms with Crippen LogP contribution in [0, 0.1) is 11.3 Å². The first kappa shape index (κ1) is 23.0. The molecular formula is C25H18F2N4O5. The highest BCUT2D eigenvalue weighted by Crippen LogP contribution is 2.44. The number of benzene rings is 2. The summed E-state index contributed by atoms with van der Waals surface area (Å²) in [5.74, 6) is -0.833. The van der Waals surface area contributed by atoms with E-state index in [0.717, 1.165) is 4.68 Å². The van der Waals surface area contributed by atoms with Crippen molar-refractivity contribution in [1.82, 2.24) is 9.78 Å². The third-order valence-electron chi connectivity index (χ3n) is 5.83. The molecule has 182 valence electrons. The normalized spacial score (nSPS) is 13.5. The number of furan rings is 1. The number of carbonyl (C=O) groups is 1. The molecule has 2 aromatic heterocycles. The molecule has 0 unspecified atom stereocenters. The molecule has 0 spiro atoms. The fraction of sp³-hybridized carbons (Fsp3) is 0.200. The van der Waals surface area contributed by atoms with Gasteiger partial charge in [0.1, 0.15) is 12.2 Å². The topological polar surface area (TPSA) is 111 Å². The molecule has 0 radical (unpaired) electrons. The van der Waals surface area contributed by atoms with Crippen LogP contribution in [0.4, 0.5) is 14.5 Å². The summed E-state index contributed by atoms with van der Waals surface area (Å²) in [6, 6.07) is 12.9. The van der Waals surface area contributed by atoms with E-state index in [1.54, 1.807) is 31.2 Å². The standard InChI is InChI=1S/C25H18F2N4O5/c1-3-15-10-19-20(36-25(26,27)35-19)11-18(15)30(2)21(32)13-31-24(33)17-7-8-34-23(17)22(29-31)16-6-4-5-14(9-16)12-28/h4-11H,3,13H2,1-2H3. The molecule has 11 heteroatoms. The summed E-state index contributed by atoms with van der Waals surface area (Å²) < 4.78 is 42.6. The van der Waals surface area contributed by atoms with Crippen LogP contribution in [-0.4, -0.2) is 29.0 Å². The molecule has 0 bridgehead atoms. The lowest BCUT2D eigenvalue weighted by atomic mass is 10.1. The first-order chi connectivity index (χ1) is 17.2. The van der Waals surface area contributed by atoms with E-state index in [4.69, 9.17) is 4.42 Å². The van der Waals surface area contributed by atoms with Gasteiger partial charge in [-0.25, -0.2) is 4.68 Å². The van der Waals surface area contributed by atoms with Crippen LogP contribution in [-0.2, 0) is 17.8 Å². The molecular weight excluding hydrogens is 474 g/mol. The van der Waals surface area contributed by atoms with Crippen LogP contribution >= 0.6 is 0 Å². The molecule has 1 aliphatic rings. The number of fused-ring (bicyclic) bond motifs is 2. The Morgan fingerprint density at radius 3 is 2.67 bits per heavy atom. The van der Waals surface area contributed by atoms with Crippen LogP contribution in [0.25, 0.3) is 22.2 Å². The zero-order valence-electron chi connectivity index (χ0n) is 19.1. The number of ether oxygens (including phenoxy) is 2. The maximum Gasteiger partial charge on any atom is 0.586 e. The van der Waals surface area contributed by atoms with Crippen LogP contribution in [0.5, 0.6) is 11.5 Å². The van der Waals surface area contributed by atoms with E-state index < -0.39 is 24.3 Å². The van der Waals surface area contributed by atoms with Crippen molar-refractivity contribution in [1.29, 1.82) is 5.26 Å². The van der Waals surface area contributed by atoms with E-state index in [9.17, 15) is 23.6 Å². The number of nitrogens with zero attached hydrogens (tertiary/aromatic N) is 4. The molecule has 0 aliphatic carbocycles. The van der Waals surface area contributed by atoms with Crippen molar-refractivity contribution >= 4 is 22.6 Å². The van der Waals surface area contributed by atoms with E-state index in [2.05, 4.69) is 20.6 Å². The van der Waals surface area contributed by atoms with Gasteiger partial charge >= 0.3 is 6.29 Å². The predicted molar refractivity (Wildman–Crippen MR) is 124 cm³/mol. The largest absolute Gasteiger partial charge is 0.586 e. The van der Waals surface area contributed by atoms with Crippen LogP contribution in [0.15, 0.2) is 57.9 Å². The van der Waals surface area contributed by atoms with Crippen molar-refractivity contribution in [2.24, 2.45) is 0 Å². The van der Waals surface area contributed by atoms with Crippen LogP contribution in [0.2, 0.25) is 0 Å². The molecule has 0 N–H and O–H groups in total. The average molecular weight is 492 g/mol. The van der Waals surface area contributed by atoms with Gasteiger partial charge in [-0.15, -0.1) is 8.78 Å². The maximum absolute atomic E-state index is 13.5. The molecule has 4 aromatic rings. The van der Waals surface area contributed by atoms with Crippen molar-refractivity contribution in [3.05, 3.63) is 70.2 Å². The first-order valence-corrected chi connectivity index (χ1v) is 10.9. The molecule has 1 amide bonds. The highest BCUT2D eigenvalue weighted by Gasteiger charge is 2.44. The molecule has 0 saturated heterocycles. The molecule has 3 heterocycles. The van der Waals surface area contributed by atoms with Crippen LogP contribution in [0.3, 0.4) is 0 Å². The van der Waals surface area contributed by atoms with Gasteiger partial charge in [0.2, 0.25) is 5.91 Å². The fourth-order valence-corrected chi connectivity index (χ4v) is 4.04. The summed E-state index contributed by atoms with van der Waals surface area (Å²) in [6.45, 7) is 1.37. The Morgan fingerprint density at radius 2 is 1.94 bits per heavy atom. The number of likely N-dealkylation sites (N-methyl/N-ethyl adjacent to an activating group) is 1. The first-order valence-electron chi connectivity index (χ1n) is 10.9. The summed E-state index contributed by atoms with van der Waals surface area (Å²) in [4.78, 5) is 27.5. The monoisotopic (exact) mass is 492 g/mol.